The molecule has 16 heavy (non-hydrogen) atoms. The topological polar surface area (TPSA) is 18.5 Å². The fourth-order valence-electron chi connectivity index (χ4n) is 2.55. The fourth-order valence-corrected chi connectivity index (χ4v) is 2.81. The molecule has 0 aromatic rings. The zero-order valence-electron chi connectivity index (χ0n) is 10.2. The van der Waals surface area contributed by atoms with E-state index >= 15 is 0 Å². The molecule has 0 aromatic heterocycles. The molecule has 2 atom stereocenters. The summed E-state index contributed by atoms with van der Waals surface area (Å²) in [5, 5.41) is 0. The van der Waals surface area contributed by atoms with Gasteiger partial charge in [0, 0.05) is 18.8 Å². The van der Waals surface area contributed by atoms with Gasteiger partial charge in [-0.2, -0.15) is 0 Å². The predicted octanol–water partition coefficient (Wildman–Crippen LogP) is 4.04. The van der Waals surface area contributed by atoms with Crippen molar-refractivity contribution < 1.29 is 9.47 Å². The lowest BCUT2D eigenvalue weighted by Crippen LogP contribution is -2.46. The van der Waals surface area contributed by atoms with Crippen molar-refractivity contribution in [2.45, 2.75) is 57.8 Å². The van der Waals surface area contributed by atoms with E-state index in [0.29, 0.717) is 12.0 Å². The van der Waals surface area contributed by atoms with Crippen molar-refractivity contribution in [2.24, 2.45) is 5.92 Å². The van der Waals surface area contributed by atoms with Gasteiger partial charge in [0.15, 0.2) is 5.79 Å². The average molecular weight is 336 g/mol. The molecule has 0 bridgehead atoms. The van der Waals surface area contributed by atoms with Crippen LogP contribution in [0.15, 0.2) is 9.66 Å². The summed E-state index contributed by atoms with van der Waals surface area (Å²) in [6.45, 7) is 5.22. The maximum absolute atomic E-state index is 6.23. The standard InChI is InChI=1S/C13H21IO2/c1-10-9-15-13(7-3-4-8-13)16-12(10)6-5-11(2)14/h5,10,12H,3-4,6-9H2,1-2H3/b11-5+/t10-,12+/m0/s1. The lowest BCUT2D eigenvalue weighted by atomic mass is 9.99. The third-order valence-corrected chi connectivity index (χ3v) is 4.05. The van der Waals surface area contributed by atoms with E-state index in [2.05, 4.69) is 42.5 Å². The summed E-state index contributed by atoms with van der Waals surface area (Å²) in [5.74, 6) is 0.294. The summed E-state index contributed by atoms with van der Waals surface area (Å²) in [6, 6.07) is 0. The molecule has 2 fully saturated rings. The normalized spacial score (nSPS) is 34.6. The first-order chi connectivity index (χ1) is 7.61. The Balaban J connectivity index is 1.97. The molecule has 0 unspecified atom stereocenters. The van der Waals surface area contributed by atoms with Crippen LogP contribution in [0.5, 0.6) is 0 Å². The summed E-state index contributed by atoms with van der Waals surface area (Å²) in [7, 11) is 0. The summed E-state index contributed by atoms with van der Waals surface area (Å²) in [5.41, 5.74) is 0. The number of hydrogen-bond donors (Lipinski definition) is 0. The minimum atomic E-state index is -0.218. The zero-order valence-corrected chi connectivity index (χ0v) is 12.3. The van der Waals surface area contributed by atoms with Crippen molar-refractivity contribution in [3.05, 3.63) is 9.66 Å². The molecule has 1 heterocycles. The van der Waals surface area contributed by atoms with Crippen LogP contribution in [0.4, 0.5) is 0 Å². The number of allylic oxidation sites excluding steroid dienone is 1. The third kappa shape index (κ3) is 2.99. The predicted molar refractivity (Wildman–Crippen MR) is 73.6 cm³/mol. The smallest absolute Gasteiger partial charge is 0.168 e. The minimum Gasteiger partial charge on any atom is -0.350 e. The molecule has 1 aliphatic carbocycles. The fraction of sp³-hybridized carbons (Fsp3) is 0.846. The van der Waals surface area contributed by atoms with Gasteiger partial charge in [0.05, 0.1) is 12.7 Å². The molecule has 1 saturated heterocycles. The summed E-state index contributed by atoms with van der Waals surface area (Å²) in [4.78, 5) is 0. The van der Waals surface area contributed by atoms with Crippen LogP contribution in [0.25, 0.3) is 0 Å². The van der Waals surface area contributed by atoms with Crippen molar-refractivity contribution in [3.8, 4) is 0 Å². The van der Waals surface area contributed by atoms with Crippen LogP contribution in [-0.2, 0) is 9.47 Å². The maximum atomic E-state index is 6.23. The largest absolute Gasteiger partial charge is 0.350 e. The van der Waals surface area contributed by atoms with E-state index in [9.17, 15) is 0 Å². The SMILES string of the molecule is C/C(I)=C\C[C@H]1OC2(CCCC2)OC[C@@H]1C. The van der Waals surface area contributed by atoms with E-state index in [-0.39, 0.29) is 5.79 Å². The molecular formula is C13H21IO2. The Morgan fingerprint density at radius 1 is 1.44 bits per heavy atom. The second-order valence-corrected chi connectivity index (χ2v) is 6.79. The number of rotatable bonds is 2. The Labute approximate surface area is 112 Å². The molecule has 1 aliphatic heterocycles. The number of hydrogen-bond acceptors (Lipinski definition) is 2. The molecule has 92 valence electrons. The van der Waals surface area contributed by atoms with Gasteiger partial charge in [-0.25, -0.2) is 0 Å². The highest BCUT2D eigenvalue weighted by Crippen LogP contribution is 2.40. The van der Waals surface area contributed by atoms with Crippen LogP contribution in [0.3, 0.4) is 0 Å². The van der Waals surface area contributed by atoms with Gasteiger partial charge in [0.25, 0.3) is 0 Å². The highest BCUT2D eigenvalue weighted by atomic mass is 127. The Morgan fingerprint density at radius 2 is 2.12 bits per heavy atom. The number of halogens is 1. The van der Waals surface area contributed by atoms with E-state index in [1.54, 1.807) is 0 Å². The molecule has 0 N–H and O–H groups in total. The van der Waals surface area contributed by atoms with Gasteiger partial charge < -0.3 is 9.47 Å². The van der Waals surface area contributed by atoms with Crippen molar-refractivity contribution in [1.82, 2.24) is 0 Å². The Morgan fingerprint density at radius 3 is 2.75 bits per heavy atom. The van der Waals surface area contributed by atoms with Crippen LogP contribution in [-0.4, -0.2) is 18.5 Å². The van der Waals surface area contributed by atoms with Crippen LogP contribution >= 0.6 is 22.6 Å². The molecule has 1 spiro atoms. The maximum Gasteiger partial charge on any atom is 0.168 e. The molecule has 3 heteroatoms. The van der Waals surface area contributed by atoms with Crippen LogP contribution in [0.1, 0.15) is 46.0 Å². The van der Waals surface area contributed by atoms with Crippen LogP contribution in [0, 0.1) is 5.92 Å². The number of ether oxygens (including phenoxy) is 2. The van der Waals surface area contributed by atoms with E-state index < -0.39 is 0 Å². The van der Waals surface area contributed by atoms with Crippen molar-refractivity contribution in [2.75, 3.05) is 6.61 Å². The van der Waals surface area contributed by atoms with E-state index in [1.807, 2.05) is 0 Å². The molecule has 2 aliphatic rings. The van der Waals surface area contributed by atoms with Gasteiger partial charge >= 0.3 is 0 Å². The Bertz CT molecular complexity index is 265. The van der Waals surface area contributed by atoms with Gasteiger partial charge in [-0.15, -0.1) is 0 Å². The van der Waals surface area contributed by atoms with Gasteiger partial charge in [-0.1, -0.05) is 13.0 Å². The van der Waals surface area contributed by atoms with Crippen molar-refractivity contribution in [1.29, 1.82) is 0 Å². The lowest BCUT2D eigenvalue weighted by molar-refractivity contribution is -0.304. The second kappa shape index (κ2) is 5.36. The first-order valence-electron chi connectivity index (χ1n) is 6.25. The van der Waals surface area contributed by atoms with E-state index in [1.165, 1.54) is 16.4 Å². The van der Waals surface area contributed by atoms with Gasteiger partial charge in [-0.3, -0.25) is 0 Å². The molecular weight excluding hydrogens is 315 g/mol. The summed E-state index contributed by atoms with van der Waals surface area (Å²) < 4.78 is 13.5. The highest BCUT2D eigenvalue weighted by Gasteiger charge is 2.43. The van der Waals surface area contributed by atoms with Gasteiger partial charge in [0.2, 0.25) is 0 Å². The first-order valence-corrected chi connectivity index (χ1v) is 7.33. The quantitative estimate of drug-likeness (QED) is 0.709. The van der Waals surface area contributed by atoms with Gasteiger partial charge in [-0.05, 0) is 52.4 Å². The Hall–Kier alpha value is 0.390. The zero-order chi connectivity index (χ0) is 11.6. The van der Waals surface area contributed by atoms with Crippen LogP contribution in [0.2, 0.25) is 0 Å². The molecule has 1 saturated carbocycles. The molecule has 2 nitrogen and oxygen atoms in total. The van der Waals surface area contributed by atoms with Crippen molar-refractivity contribution in [3.63, 3.8) is 0 Å². The monoisotopic (exact) mass is 336 g/mol. The molecule has 0 radical (unpaired) electrons. The van der Waals surface area contributed by atoms with Crippen LogP contribution < -0.4 is 0 Å². The van der Waals surface area contributed by atoms with E-state index in [0.717, 1.165) is 25.9 Å². The highest BCUT2D eigenvalue weighted by molar-refractivity contribution is 14.1. The van der Waals surface area contributed by atoms with Gasteiger partial charge in [0.1, 0.15) is 0 Å². The third-order valence-electron chi connectivity index (χ3n) is 3.61. The first kappa shape index (κ1) is 12.8. The molecule has 2 rings (SSSR count). The van der Waals surface area contributed by atoms with E-state index in [4.69, 9.17) is 9.47 Å². The Kier molecular flexibility index (Phi) is 4.30. The molecule has 0 aromatic carbocycles. The van der Waals surface area contributed by atoms with Crippen molar-refractivity contribution >= 4 is 22.6 Å². The summed E-state index contributed by atoms with van der Waals surface area (Å²) >= 11 is 2.36. The second-order valence-electron chi connectivity index (χ2n) is 5.09. The lowest BCUT2D eigenvalue weighted by Gasteiger charge is -2.41. The average Bonchev–Trinajstić information content (AvgIpc) is 2.68. The molecule has 0 amide bonds. The minimum absolute atomic E-state index is 0.218. The summed E-state index contributed by atoms with van der Waals surface area (Å²) in [6.07, 6.45) is 8.32.